The molecule has 1 aliphatic rings. The molecular formula is C43H67NO17. The van der Waals surface area contributed by atoms with Crippen molar-refractivity contribution in [3.8, 4) is 11.1 Å². The van der Waals surface area contributed by atoms with Crippen molar-refractivity contribution in [1.82, 2.24) is 5.32 Å². The molecule has 0 heterocycles. The molecule has 346 valence electrons. The second kappa shape index (κ2) is 37.2. The molecule has 0 saturated carbocycles. The molecule has 18 heteroatoms. The number of hydrogen-bond donors (Lipinski definition) is 2. The highest BCUT2D eigenvalue weighted by molar-refractivity contribution is 5.79. The van der Waals surface area contributed by atoms with Crippen molar-refractivity contribution in [2.24, 2.45) is 0 Å². The minimum atomic E-state index is -1.00. The molecule has 0 radical (unpaired) electrons. The molecule has 3 rings (SSSR count). The van der Waals surface area contributed by atoms with Crippen molar-refractivity contribution in [2.45, 2.75) is 5.92 Å². The lowest BCUT2D eigenvalue weighted by atomic mass is 9.98. The second-order valence-electron chi connectivity index (χ2n) is 13.0. The molecule has 0 saturated heterocycles. The number of ether oxygens (including phenoxy) is 14. The number of alkyl carbamates (subject to hydrolysis) is 1. The Balaban J connectivity index is 0.916. The first-order valence-corrected chi connectivity index (χ1v) is 21.0. The largest absolute Gasteiger partial charge is 0.480 e. The van der Waals surface area contributed by atoms with Gasteiger partial charge in [-0.2, -0.15) is 0 Å². The summed E-state index contributed by atoms with van der Waals surface area (Å²) in [6.45, 7) is 11.4. The molecule has 2 aromatic rings. The molecule has 0 bridgehead atoms. The first-order chi connectivity index (χ1) is 30.2. The molecule has 0 atom stereocenters. The fourth-order valence-electron chi connectivity index (χ4n) is 5.67. The van der Waals surface area contributed by atoms with Crippen LogP contribution in [-0.4, -0.2) is 202 Å². The maximum Gasteiger partial charge on any atom is 0.407 e. The van der Waals surface area contributed by atoms with E-state index >= 15 is 0 Å². The van der Waals surface area contributed by atoms with Gasteiger partial charge in [0.05, 0.1) is 165 Å². The van der Waals surface area contributed by atoms with E-state index in [1.54, 1.807) is 0 Å². The van der Waals surface area contributed by atoms with Crippen molar-refractivity contribution in [1.29, 1.82) is 0 Å². The number of carboxylic acid groups (broad SMARTS) is 1. The Labute approximate surface area is 359 Å². The lowest BCUT2D eigenvalue weighted by molar-refractivity contribution is -0.142. The molecule has 1 amide bonds. The molecule has 18 nitrogen and oxygen atoms in total. The summed E-state index contributed by atoms with van der Waals surface area (Å²) >= 11 is 0. The molecular weight excluding hydrogens is 802 g/mol. The fraction of sp³-hybridized carbons (Fsp3) is 0.674. The van der Waals surface area contributed by atoms with Crippen molar-refractivity contribution in [3.05, 3.63) is 59.7 Å². The lowest BCUT2D eigenvalue weighted by Gasteiger charge is -2.14. The van der Waals surface area contributed by atoms with Gasteiger partial charge in [-0.05, 0) is 22.3 Å². The van der Waals surface area contributed by atoms with E-state index in [4.69, 9.17) is 71.4 Å². The van der Waals surface area contributed by atoms with E-state index in [2.05, 4.69) is 29.6 Å². The molecule has 2 aromatic carbocycles. The van der Waals surface area contributed by atoms with E-state index in [0.29, 0.717) is 165 Å². The quantitative estimate of drug-likeness (QED) is 0.0923. The van der Waals surface area contributed by atoms with Crippen molar-refractivity contribution in [3.63, 3.8) is 0 Å². The first kappa shape index (κ1) is 52.0. The average molecular weight is 870 g/mol. The van der Waals surface area contributed by atoms with Gasteiger partial charge in [0.25, 0.3) is 0 Å². The van der Waals surface area contributed by atoms with E-state index in [1.807, 2.05) is 24.3 Å². The lowest BCUT2D eigenvalue weighted by Crippen LogP contribution is -2.29. The van der Waals surface area contributed by atoms with E-state index in [9.17, 15) is 9.59 Å². The van der Waals surface area contributed by atoms with Crippen LogP contribution in [0.4, 0.5) is 4.79 Å². The number of fused-ring (bicyclic) bond motifs is 3. The van der Waals surface area contributed by atoms with Gasteiger partial charge >= 0.3 is 12.1 Å². The Kier molecular flexibility index (Phi) is 31.7. The Morgan fingerprint density at radius 3 is 1.00 bits per heavy atom. The summed E-state index contributed by atoms with van der Waals surface area (Å²) in [5, 5.41) is 11.2. The smallest absolute Gasteiger partial charge is 0.407 e. The summed E-state index contributed by atoms with van der Waals surface area (Å²) in [5.74, 6) is -0.970. The van der Waals surface area contributed by atoms with Gasteiger partial charge in [0, 0.05) is 12.5 Å². The van der Waals surface area contributed by atoms with Gasteiger partial charge < -0.3 is 76.7 Å². The Bertz CT molecular complexity index is 1330. The summed E-state index contributed by atoms with van der Waals surface area (Å²) in [7, 11) is 0. The van der Waals surface area contributed by atoms with Crippen LogP contribution >= 0.6 is 0 Å². The molecule has 0 aliphatic heterocycles. The van der Waals surface area contributed by atoms with Crippen LogP contribution in [0.5, 0.6) is 0 Å². The molecule has 0 spiro atoms. The second-order valence-corrected chi connectivity index (χ2v) is 13.0. The molecule has 0 unspecified atom stereocenters. The maximum absolute atomic E-state index is 12.3. The normalized spacial score (nSPS) is 12.1. The van der Waals surface area contributed by atoms with Crippen molar-refractivity contribution < 1.29 is 81.0 Å². The summed E-state index contributed by atoms with van der Waals surface area (Å²) < 4.78 is 75.9. The number of carbonyl (C=O) groups excluding carboxylic acids is 1. The van der Waals surface area contributed by atoms with Crippen LogP contribution in [-0.2, 0) is 71.1 Å². The van der Waals surface area contributed by atoms with Gasteiger partial charge in [-0.1, -0.05) is 48.5 Å². The Morgan fingerprint density at radius 2 is 0.689 bits per heavy atom. The molecule has 0 aromatic heterocycles. The molecule has 0 fully saturated rings. The summed E-state index contributed by atoms with van der Waals surface area (Å²) in [6, 6.07) is 16.5. The summed E-state index contributed by atoms with van der Waals surface area (Å²) in [6.07, 6.45) is -0.458. The molecule has 1 aliphatic carbocycles. The highest BCUT2D eigenvalue weighted by Crippen LogP contribution is 2.44. The Morgan fingerprint density at radius 1 is 0.410 bits per heavy atom. The van der Waals surface area contributed by atoms with Gasteiger partial charge in [0.2, 0.25) is 0 Å². The van der Waals surface area contributed by atoms with Crippen LogP contribution in [0.1, 0.15) is 17.0 Å². The zero-order valence-corrected chi connectivity index (χ0v) is 35.5. The van der Waals surface area contributed by atoms with E-state index in [0.717, 1.165) is 0 Å². The highest BCUT2D eigenvalue weighted by Gasteiger charge is 2.29. The number of amides is 1. The predicted molar refractivity (Wildman–Crippen MR) is 221 cm³/mol. The standard InChI is InChI=1S/C43H67NO17/c45-42(46)36-60-34-33-59-32-31-58-30-29-57-28-27-56-26-25-55-24-23-54-22-21-53-20-19-52-18-17-51-16-15-50-14-13-49-12-11-48-10-9-44-43(47)61-35-41-39-7-3-1-5-37(39)38-6-2-4-8-40(38)41/h1-8,41H,9-36H2,(H,44,47)(H,45,46). The van der Waals surface area contributed by atoms with Gasteiger partial charge in [-0.3, -0.25) is 0 Å². The number of rotatable bonds is 43. The topological polar surface area (TPSA) is 196 Å². The fourth-order valence-corrected chi connectivity index (χ4v) is 5.67. The van der Waals surface area contributed by atoms with E-state index in [1.165, 1.54) is 22.3 Å². The van der Waals surface area contributed by atoms with E-state index in [-0.39, 0.29) is 25.7 Å². The maximum atomic E-state index is 12.3. The summed E-state index contributed by atoms with van der Waals surface area (Å²) in [5.41, 5.74) is 4.75. The van der Waals surface area contributed by atoms with Gasteiger partial charge in [0.15, 0.2) is 0 Å². The highest BCUT2D eigenvalue weighted by atomic mass is 16.6. The number of aliphatic carboxylic acids is 1. The van der Waals surface area contributed by atoms with Gasteiger partial charge in [-0.25, -0.2) is 9.59 Å². The van der Waals surface area contributed by atoms with Crippen LogP contribution in [0.2, 0.25) is 0 Å². The van der Waals surface area contributed by atoms with E-state index < -0.39 is 12.1 Å². The van der Waals surface area contributed by atoms with Gasteiger partial charge in [-0.15, -0.1) is 0 Å². The number of benzene rings is 2. The van der Waals surface area contributed by atoms with Crippen LogP contribution in [0.15, 0.2) is 48.5 Å². The zero-order valence-electron chi connectivity index (χ0n) is 35.5. The first-order valence-electron chi connectivity index (χ1n) is 21.0. The third-order valence-electron chi connectivity index (χ3n) is 8.55. The van der Waals surface area contributed by atoms with Crippen LogP contribution in [0.3, 0.4) is 0 Å². The predicted octanol–water partition coefficient (Wildman–Crippen LogP) is 2.83. The van der Waals surface area contributed by atoms with Crippen LogP contribution in [0, 0.1) is 0 Å². The third-order valence-corrected chi connectivity index (χ3v) is 8.55. The van der Waals surface area contributed by atoms with Gasteiger partial charge in [0.1, 0.15) is 13.2 Å². The van der Waals surface area contributed by atoms with Crippen molar-refractivity contribution >= 4 is 12.1 Å². The number of carboxylic acids is 1. The SMILES string of the molecule is O=C(O)COCCOCCOCCOCCOCCOCCOCCOCCOCCOCCOCCOCCOCCNC(=O)OCC1c2ccccc2-c2ccccc21. The number of carbonyl (C=O) groups is 2. The van der Waals surface area contributed by atoms with Crippen LogP contribution < -0.4 is 5.32 Å². The minimum absolute atomic E-state index is 0.0303. The zero-order chi connectivity index (χ0) is 43.1. The number of hydrogen-bond acceptors (Lipinski definition) is 16. The van der Waals surface area contributed by atoms with Crippen molar-refractivity contribution in [2.75, 3.05) is 185 Å². The van der Waals surface area contributed by atoms with Crippen LogP contribution in [0.25, 0.3) is 11.1 Å². The molecule has 2 N–H and O–H groups in total. The average Bonchev–Trinajstić information content (AvgIpc) is 3.59. The summed E-state index contributed by atoms with van der Waals surface area (Å²) in [4.78, 5) is 22.6. The third kappa shape index (κ3) is 26.7. The minimum Gasteiger partial charge on any atom is -0.480 e. The monoisotopic (exact) mass is 869 g/mol. The number of nitrogens with one attached hydrogen (secondary N) is 1. The molecule has 61 heavy (non-hydrogen) atoms. The Hall–Kier alpha value is -3.34.